The van der Waals surface area contributed by atoms with Gasteiger partial charge in [0.15, 0.2) is 0 Å². The molecule has 0 unspecified atom stereocenters. The van der Waals surface area contributed by atoms with Crippen LogP contribution in [0.4, 0.5) is 11.4 Å². The standard InChI is InChI=1S/C18H16N4O3/c23-18(15-6-8-17(9-7-15)22(24)25)20-16-12-19-21(13-16)11-10-14-4-2-1-3-5-14/h1-9,12-13H,10-11H2,(H,20,23). The third-order valence-electron chi connectivity index (χ3n) is 3.70. The van der Waals surface area contributed by atoms with Crippen LogP contribution in [0.5, 0.6) is 0 Å². The highest BCUT2D eigenvalue weighted by molar-refractivity contribution is 6.04. The normalized spacial score (nSPS) is 10.4. The number of hydrogen-bond donors (Lipinski definition) is 1. The van der Waals surface area contributed by atoms with Crippen molar-refractivity contribution in [3.05, 3.63) is 88.2 Å². The van der Waals surface area contributed by atoms with Gasteiger partial charge in [-0.15, -0.1) is 0 Å². The first-order chi connectivity index (χ1) is 12.1. The minimum Gasteiger partial charge on any atom is -0.319 e. The number of nitro groups is 1. The minimum absolute atomic E-state index is 0.0507. The summed E-state index contributed by atoms with van der Waals surface area (Å²) in [5.41, 5.74) is 2.10. The summed E-state index contributed by atoms with van der Waals surface area (Å²) in [4.78, 5) is 22.3. The van der Waals surface area contributed by atoms with E-state index >= 15 is 0 Å². The molecule has 0 aliphatic carbocycles. The number of non-ortho nitro benzene ring substituents is 1. The van der Waals surface area contributed by atoms with E-state index in [-0.39, 0.29) is 11.6 Å². The topological polar surface area (TPSA) is 90.1 Å². The van der Waals surface area contributed by atoms with Crippen LogP contribution >= 0.6 is 0 Å². The van der Waals surface area contributed by atoms with E-state index in [0.29, 0.717) is 17.8 Å². The maximum absolute atomic E-state index is 12.2. The average molecular weight is 336 g/mol. The summed E-state index contributed by atoms with van der Waals surface area (Å²) in [6, 6.07) is 15.5. The van der Waals surface area contributed by atoms with Crippen molar-refractivity contribution in [1.29, 1.82) is 0 Å². The van der Waals surface area contributed by atoms with Crippen molar-refractivity contribution in [1.82, 2.24) is 9.78 Å². The largest absolute Gasteiger partial charge is 0.319 e. The Balaban J connectivity index is 1.58. The first-order valence-electron chi connectivity index (χ1n) is 7.74. The van der Waals surface area contributed by atoms with E-state index in [9.17, 15) is 14.9 Å². The Hall–Kier alpha value is -3.48. The number of benzene rings is 2. The van der Waals surface area contributed by atoms with Crippen LogP contribution in [0.3, 0.4) is 0 Å². The minimum atomic E-state index is -0.502. The highest BCUT2D eigenvalue weighted by Gasteiger charge is 2.10. The lowest BCUT2D eigenvalue weighted by Crippen LogP contribution is -2.11. The number of carbonyl (C=O) groups is 1. The Morgan fingerprint density at radius 1 is 1.12 bits per heavy atom. The number of rotatable bonds is 6. The number of nitrogens with zero attached hydrogens (tertiary/aromatic N) is 3. The number of nitro benzene ring substituents is 1. The monoisotopic (exact) mass is 336 g/mol. The SMILES string of the molecule is O=C(Nc1cnn(CCc2ccccc2)c1)c1ccc([N+](=O)[O-])cc1. The fraction of sp³-hybridized carbons (Fsp3) is 0.111. The van der Waals surface area contributed by atoms with Crippen molar-refractivity contribution < 1.29 is 9.72 Å². The van der Waals surface area contributed by atoms with Gasteiger partial charge in [-0.3, -0.25) is 19.6 Å². The van der Waals surface area contributed by atoms with E-state index in [1.54, 1.807) is 17.1 Å². The molecule has 25 heavy (non-hydrogen) atoms. The molecule has 0 radical (unpaired) electrons. The number of aromatic nitrogens is 2. The van der Waals surface area contributed by atoms with E-state index in [2.05, 4.69) is 22.5 Å². The fourth-order valence-corrected chi connectivity index (χ4v) is 2.38. The summed E-state index contributed by atoms with van der Waals surface area (Å²) in [5.74, 6) is -0.336. The quantitative estimate of drug-likeness (QED) is 0.552. The second-order valence-corrected chi connectivity index (χ2v) is 5.49. The molecule has 0 aliphatic rings. The van der Waals surface area contributed by atoms with Crippen LogP contribution in [0, 0.1) is 10.1 Å². The van der Waals surface area contributed by atoms with Crippen LogP contribution in [-0.2, 0) is 13.0 Å². The molecule has 0 fully saturated rings. The third-order valence-corrected chi connectivity index (χ3v) is 3.70. The second kappa shape index (κ2) is 7.39. The molecule has 3 aromatic rings. The summed E-state index contributed by atoms with van der Waals surface area (Å²) in [6.07, 6.45) is 4.18. The molecule has 2 aromatic carbocycles. The summed E-state index contributed by atoms with van der Waals surface area (Å²) in [5, 5.41) is 17.6. The smallest absolute Gasteiger partial charge is 0.269 e. The maximum atomic E-state index is 12.2. The van der Waals surface area contributed by atoms with Crippen LogP contribution in [0.1, 0.15) is 15.9 Å². The van der Waals surface area contributed by atoms with Gasteiger partial charge in [0, 0.05) is 30.4 Å². The molecular formula is C18H16N4O3. The summed E-state index contributed by atoms with van der Waals surface area (Å²) < 4.78 is 1.76. The lowest BCUT2D eigenvalue weighted by atomic mass is 10.1. The van der Waals surface area contributed by atoms with Gasteiger partial charge in [0.1, 0.15) is 0 Å². The Kier molecular flexibility index (Phi) is 4.84. The first-order valence-corrected chi connectivity index (χ1v) is 7.74. The van der Waals surface area contributed by atoms with E-state index in [1.165, 1.54) is 29.8 Å². The zero-order chi connectivity index (χ0) is 17.6. The van der Waals surface area contributed by atoms with Crippen molar-refractivity contribution in [3.8, 4) is 0 Å². The Labute approximate surface area is 144 Å². The number of anilines is 1. The Morgan fingerprint density at radius 2 is 1.84 bits per heavy atom. The predicted octanol–water partition coefficient (Wildman–Crippen LogP) is 3.29. The molecule has 0 aliphatic heterocycles. The van der Waals surface area contributed by atoms with Crippen molar-refractivity contribution in [2.45, 2.75) is 13.0 Å². The van der Waals surface area contributed by atoms with Gasteiger partial charge in [-0.1, -0.05) is 30.3 Å². The zero-order valence-electron chi connectivity index (χ0n) is 13.3. The van der Waals surface area contributed by atoms with E-state index in [0.717, 1.165) is 6.42 Å². The number of amides is 1. The van der Waals surface area contributed by atoms with Crippen molar-refractivity contribution in [2.75, 3.05) is 5.32 Å². The Morgan fingerprint density at radius 3 is 2.52 bits per heavy atom. The summed E-state index contributed by atoms with van der Waals surface area (Å²) >= 11 is 0. The summed E-state index contributed by atoms with van der Waals surface area (Å²) in [6.45, 7) is 0.706. The zero-order valence-corrected chi connectivity index (χ0v) is 13.3. The predicted molar refractivity (Wildman–Crippen MR) is 93.4 cm³/mol. The Bertz CT molecular complexity index is 873. The van der Waals surface area contributed by atoms with Crippen LogP contribution in [0.15, 0.2) is 67.0 Å². The summed E-state index contributed by atoms with van der Waals surface area (Å²) in [7, 11) is 0. The highest BCUT2D eigenvalue weighted by Crippen LogP contribution is 2.14. The molecule has 1 amide bonds. The number of nitrogens with one attached hydrogen (secondary N) is 1. The van der Waals surface area contributed by atoms with E-state index in [1.807, 2.05) is 18.2 Å². The molecule has 7 nitrogen and oxygen atoms in total. The van der Waals surface area contributed by atoms with E-state index in [4.69, 9.17) is 0 Å². The van der Waals surface area contributed by atoms with E-state index < -0.39 is 4.92 Å². The number of hydrogen-bond acceptors (Lipinski definition) is 4. The number of aryl methyl sites for hydroxylation is 2. The molecule has 0 bridgehead atoms. The van der Waals surface area contributed by atoms with Crippen molar-refractivity contribution in [2.24, 2.45) is 0 Å². The third kappa shape index (κ3) is 4.29. The lowest BCUT2D eigenvalue weighted by molar-refractivity contribution is -0.384. The van der Waals surface area contributed by atoms with Gasteiger partial charge in [0.2, 0.25) is 0 Å². The fourth-order valence-electron chi connectivity index (χ4n) is 2.38. The molecule has 7 heteroatoms. The van der Waals surface area contributed by atoms with Crippen LogP contribution in [0.2, 0.25) is 0 Å². The van der Waals surface area contributed by atoms with Crippen LogP contribution in [0.25, 0.3) is 0 Å². The van der Waals surface area contributed by atoms with Gasteiger partial charge in [0.25, 0.3) is 11.6 Å². The molecular weight excluding hydrogens is 320 g/mol. The first kappa shape index (κ1) is 16.4. The van der Waals surface area contributed by atoms with Crippen molar-refractivity contribution in [3.63, 3.8) is 0 Å². The van der Waals surface area contributed by atoms with Crippen LogP contribution < -0.4 is 5.32 Å². The highest BCUT2D eigenvalue weighted by atomic mass is 16.6. The molecule has 1 heterocycles. The molecule has 1 N–H and O–H groups in total. The van der Waals surface area contributed by atoms with Crippen molar-refractivity contribution >= 4 is 17.3 Å². The van der Waals surface area contributed by atoms with Gasteiger partial charge in [0.05, 0.1) is 16.8 Å². The lowest BCUT2D eigenvalue weighted by Gasteiger charge is -2.03. The van der Waals surface area contributed by atoms with Gasteiger partial charge >= 0.3 is 0 Å². The number of carbonyl (C=O) groups excluding carboxylic acids is 1. The van der Waals surface area contributed by atoms with Crippen LogP contribution in [-0.4, -0.2) is 20.6 Å². The second-order valence-electron chi connectivity index (χ2n) is 5.49. The molecule has 0 saturated heterocycles. The molecule has 126 valence electrons. The molecule has 0 atom stereocenters. The average Bonchev–Trinajstić information content (AvgIpc) is 3.08. The maximum Gasteiger partial charge on any atom is 0.269 e. The van der Waals surface area contributed by atoms with Gasteiger partial charge in [-0.05, 0) is 24.1 Å². The molecule has 1 aromatic heterocycles. The molecule has 0 spiro atoms. The van der Waals surface area contributed by atoms with Gasteiger partial charge < -0.3 is 5.32 Å². The van der Waals surface area contributed by atoms with Gasteiger partial charge in [-0.2, -0.15) is 5.10 Å². The molecule has 0 saturated carbocycles. The van der Waals surface area contributed by atoms with Gasteiger partial charge in [-0.25, -0.2) is 0 Å². The molecule has 3 rings (SSSR count).